The van der Waals surface area contributed by atoms with E-state index in [2.05, 4.69) is 32.9 Å². The first-order chi connectivity index (χ1) is 13.2. The Balaban J connectivity index is 1.70. The van der Waals surface area contributed by atoms with Crippen LogP contribution in [0.5, 0.6) is 0 Å². The van der Waals surface area contributed by atoms with Crippen LogP contribution in [0.4, 0.5) is 0 Å². The molecule has 6 atom stereocenters. The first kappa shape index (κ1) is 19.4. The van der Waals surface area contributed by atoms with Crippen molar-refractivity contribution in [3.05, 3.63) is 35.5 Å². The lowest BCUT2D eigenvalue weighted by Gasteiger charge is -2.52. The maximum atomic E-state index is 12.9. The number of Topliss-reactive ketones (excluding diaryl/α,β-unsaturated/α-hetero) is 1. The molecule has 0 aromatic rings. The molecule has 150 valence electrons. The summed E-state index contributed by atoms with van der Waals surface area (Å²) in [6.45, 7) is 8.50. The van der Waals surface area contributed by atoms with Crippen molar-refractivity contribution in [1.29, 1.82) is 0 Å². The fraction of sp³-hybridized carbons (Fsp3) is 0.625. The van der Waals surface area contributed by atoms with Gasteiger partial charge in [-0.05, 0) is 74.9 Å². The van der Waals surface area contributed by atoms with Crippen molar-refractivity contribution < 1.29 is 19.1 Å². The summed E-state index contributed by atoms with van der Waals surface area (Å²) in [4.78, 5) is 37.0. The van der Waals surface area contributed by atoms with Gasteiger partial charge in [0, 0.05) is 11.3 Å². The Morgan fingerprint density at radius 2 is 2.04 bits per heavy atom. The average molecular weight is 383 g/mol. The Hall–Kier alpha value is -1.97. The quantitative estimate of drug-likeness (QED) is 0.417. The van der Waals surface area contributed by atoms with Gasteiger partial charge in [0.05, 0.1) is 6.61 Å². The highest BCUT2D eigenvalue weighted by atomic mass is 16.5. The molecule has 0 spiro atoms. The van der Waals surface area contributed by atoms with E-state index in [1.165, 1.54) is 11.1 Å². The largest absolute Gasteiger partial charge is 0.460 e. The van der Waals surface area contributed by atoms with Crippen LogP contribution in [-0.4, -0.2) is 24.1 Å². The van der Waals surface area contributed by atoms with E-state index in [4.69, 9.17) is 4.74 Å². The number of hydrogen-bond acceptors (Lipinski definition) is 4. The Bertz CT molecular complexity index is 832. The van der Waals surface area contributed by atoms with Crippen LogP contribution in [0, 0.1) is 34.5 Å². The highest BCUT2D eigenvalue weighted by Crippen LogP contribution is 2.65. The highest BCUT2D eigenvalue weighted by molar-refractivity contribution is 6.34. The molecule has 0 N–H and O–H groups in total. The molecule has 0 aromatic heterocycles. The molecule has 2 fully saturated rings. The first-order valence-electron chi connectivity index (χ1n) is 10.6. The number of rotatable bonds is 3. The number of hydrogen-bond donors (Lipinski definition) is 0. The van der Waals surface area contributed by atoms with Crippen molar-refractivity contribution >= 4 is 17.5 Å². The molecule has 4 aliphatic carbocycles. The molecule has 0 bridgehead atoms. The van der Waals surface area contributed by atoms with Crippen molar-refractivity contribution in [1.82, 2.24) is 0 Å². The van der Waals surface area contributed by atoms with Crippen molar-refractivity contribution in [2.75, 3.05) is 6.61 Å². The molecular formula is C24H30O4. The van der Waals surface area contributed by atoms with Crippen molar-refractivity contribution in [3.8, 4) is 0 Å². The summed E-state index contributed by atoms with van der Waals surface area (Å²) in [6, 6.07) is 0. The summed E-state index contributed by atoms with van der Waals surface area (Å²) in [7, 11) is 0. The topological polar surface area (TPSA) is 60.4 Å². The lowest BCUT2D eigenvalue weighted by molar-refractivity contribution is -0.158. The maximum absolute atomic E-state index is 12.9. The first-order valence-corrected chi connectivity index (χ1v) is 10.6. The van der Waals surface area contributed by atoms with Gasteiger partial charge in [-0.1, -0.05) is 37.1 Å². The van der Waals surface area contributed by atoms with E-state index in [9.17, 15) is 14.4 Å². The van der Waals surface area contributed by atoms with Crippen LogP contribution in [0.2, 0.25) is 0 Å². The lowest BCUT2D eigenvalue weighted by Crippen LogP contribution is -2.46. The van der Waals surface area contributed by atoms with E-state index in [0.29, 0.717) is 11.8 Å². The van der Waals surface area contributed by atoms with E-state index in [1.807, 2.05) is 6.08 Å². The number of esters is 1. The fourth-order valence-electron chi connectivity index (χ4n) is 6.78. The summed E-state index contributed by atoms with van der Waals surface area (Å²) in [6.07, 6.45) is 11.6. The van der Waals surface area contributed by atoms with Gasteiger partial charge in [-0.15, -0.1) is 0 Å². The van der Waals surface area contributed by atoms with Gasteiger partial charge in [-0.2, -0.15) is 0 Å². The van der Waals surface area contributed by atoms with Gasteiger partial charge in [0.1, 0.15) is 0 Å². The van der Waals surface area contributed by atoms with Gasteiger partial charge in [-0.3, -0.25) is 9.59 Å². The Labute approximate surface area is 167 Å². The van der Waals surface area contributed by atoms with Crippen LogP contribution >= 0.6 is 0 Å². The zero-order valence-corrected chi connectivity index (χ0v) is 17.3. The summed E-state index contributed by atoms with van der Waals surface area (Å²) < 4.78 is 5.04. The van der Waals surface area contributed by atoms with E-state index in [0.717, 1.165) is 25.7 Å². The fourth-order valence-corrected chi connectivity index (χ4v) is 6.78. The second kappa shape index (κ2) is 6.53. The minimum atomic E-state index is -0.675. The Morgan fingerprint density at radius 3 is 2.75 bits per heavy atom. The minimum Gasteiger partial charge on any atom is -0.460 e. The molecule has 4 rings (SSSR count). The molecule has 0 heterocycles. The molecule has 28 heavy (non-hydrogen) atoms. The predicted octanol–water partition coefficient (Wildman–Crippen LogP) is 4.21. The molecule has 4 aliphatic rings. The average Bonchev–Trinajstić information content (AvgIpc) is 2.92. The summed E-state index contributed by atoms with van der Waals surface area (Å²) in [5, 5.41) is 0. The van der Waals surface area contributed by atoms with Crippen LogP contribution < -0.4 is 0 Å². The Morgan fingerprint density at radius 1 is 1.29 bits per heavy atom. The number of ether oxygens (including phenoxy) is 1. The SMILES string of the molecule is CCOC(=O)C(=O)C1[C@H](C)CC2C3CCC4=CC(=O)C=C[C@]4(C)C3=CC[C@@]21C. The summed E-state index contributed by atoms with van der Waals surface area (Å²) in [5.74, 6) is -0.249. The second-order valence-electron chi connectivity index (χ2n) is 9.50. The van der Waals surface area contributed by atoms with Crippen LogP contribution in [0.25, 0.3) is 0 Å². The third-order valence-electron chi connectivity index (χ3n) is 8.05. The van der Waals surface area contributed by atoms with Crippen molar-refractivity contribution in [2.24, 2.45) is 34.5 Å². The predicted molar refractivity (Wildman–Crippen MR) is 106 cm³/mol. The molecule has 0 amide bonds. The smallest absolute Gasteiger partial charge is 0.374 e. The highest BCUT2D eigenvalue weighted by Gasteiger charge is 2.60. The number of allylic oxidation sites excluding steroid dienone is 6. The van der Waals surface area contributed by atoms with Gasteiger partial charge >= 0.3 is 5.97 Å². The van der Waals surface area contributed by atoms with Crippen molar-refractivity contribution in [2.45, 2.75) is 53.4 Å². The van der Waals surface area contributed by atoms with E-state index in [1.54, 1.807) is 13.0 Å². The van der Waals surface area contributed by atoms with E-state index >= 15 is 0 Å². The molecule has 3 unspecified atom stereocenters. The zero-order chi connectivity index (χ0) is 20.3. The van der Waals surface area contributed by atoms with Crippen LogP contribution in [0.1, 0.15) is 53.4 Å². The van der Waals surface area contributed by atoms with Crippen molar-refractivity contribution in [3.63, 3.8) is 0 Å². The monoisotopic (exact) mass is 382 g/mol. The van der Waals surface area contributed by atoms with Gasteiger partial charge in [-0.25, -0.2) is 4.79 Å². The number of ketones is 2. The standard InChI is InChI=1S/C24H30O4/c1-5-28-22(27)21(26)20-14(2)12-19-17-7-6-15-13-16(25)8-10-23(15,3)18(17)9-11-24(19,20)4/h8-10,13-14,17,19-20H,5-7,11-12H2,1-4H3/t14-,17?,19?,20?,23+,24+/m1/s1. The molecule has 2 saturated carbocycles. The molecule has 0 saturated heterocycles. The zero-order valence-electron chi connectivity index (χ0n) is 17.3. The summed E-state index contributed by atoms with van der Waals surface area (Å²) in [5.41, 5.74) is 2.25. The number of fused-ring (bicyclic) bond motifs is 5. The van der Waals surface area contributed by atoms with Gasteiger partial charge in [0.25, 0.3) is 0 Å². The Kier molecular flexibility index (Phi) is 4.52. The molecule has 0 radical (unpaired) electrons. The van der Waals surface area contributed by atoms with E-state index < -0.39 is 5.97 Å². The normalized spacial score (nSPS) is 41.4. The van der Waals surface area contributed by atoms with Crippen LogP contribution in [0.15, 0.2) is 35.5 Å². The second-order valence-corrected chi connectivity index (χ2v) is 9.50. The third kappa shape index (κ3) is 2.60. The molecular weight excluding hydrogens is 352 g/mol. The van der Waals surface area contributed by atoms with Crippen LogP contribution in [0.3, 0.4) is 0 Å². The number of carbonyl (C=O) groups excluding carboxylic acids is 3. The van der Waals surface area contributed by atoms with Gasteiger partial charge in [0.2, 0.25) is 5.78 Å². The third-order valence-corrected chi connectivity index (χ3v) is 8.05. The number of carbonyl (C=O) groups is 3. The maximum Gasteiger partial charge on any atom is 0.374 e. The molecule has 0 aliphatic heterocycles. The van der Waals surface area contributed by atoms with E-state index in [-0.39, 0.29) is 40.8 Å². The van der Waals surface area contributed by atoms with Gasteiger partial charge < -0.3 is 4.74 Å². The van der Waals surface area contributed by atoms with Gasteiger partial charge in [0.15, 0.2) is 5.78 Å². The molecule has 4 nitrogen and oxygen atoms in total. The van der Waals surface area contributed by atoms with Crippen LogP contribution in [-0.2, 0) is 19.1 Å². The minimum absolute atomic E-state index is 0.0850. The lowest BCUT2D eigenvalue weighted by atomic mass is 9.52. The molecule has 0 aromatic carbocycles. The summed E-state index contributed by atoms with van der Waals surface area (Å²) >= 11 is 0. The molecule has 4 heteroatoms.